The highest BCUT2D eigenvalue weighted by molar-refractivity contribution is 14.1. The van der Waals surface area contributed by atoms with Gasteiger partial charge in [0.15, 0.2) is 0 Å². The first kappa shape index (κ1) is 11.2. The van der Waals surface area contributed by atoms with Crippen LogP contribution in [0.15, 0.2) is 6.20 Å². The van der Waals surface area contributed by atoms with Crippen molar-refractivity contribution in [1.82, 2.24) is 9.78 Å². The largest absolute Gasteiger partial charge is 0.383 e. The summed E-state index contributed by atoms with van der Waals surface area (Å²) in [4.78, 5) is 0. The van der Waals surface area contributed by atoms with Crippen molar-refractivity contribution in [3.8, 4) is 0 Å². The summed E-state index contributed by atoms with van der Waals surface area (Å²) in [7, 11) is 0. The Kier molecular flexibility index (Phi) is 3.23. The summed E-state index contributed by atoms with van der Waals surface area (Å²) >= 11 is 2.25. The number of nitrogen functional groups attached to an aromatic ring is 1. The quantitative estimate of drug-likeness (QED) is 0.809. The lowest BCUT2D eigenvalue weighted by Crippen LogP contribution is -2.29. The van der Waals surface area contributed by atoms with Crippen LogP contribution in [0, 0.1) is 15.4 Å². The van der Waals surface area contributed by atoms with Gasteiger partial charge in [-0.05, 0) is 47.3 Å². The molecule has 2 N–H and O–H groups in total. The van der Waals surface area contributed by atoms with Gasteiger partial charge in [-0.2, -0.15) is 5.10 Å². The highest BCUT2D eigenvalue weighted by Crippen LogP contribution is 2.39. The topological polar surface area (TPSA) is 43.8 Å². The average Bonchev–Trinajstić information content (AvgIpc) is 2.49. The summed E-state index contributed by atoms with van der Waals surface area (Å²) in [6.07, 6.45) is 5.80. The van der Waals surface area contributed by atoms with E-state index in [0.29, 0.717) is 17.9 Å². The first-order valence-electron chi connectivity index (χ1n) is 5.59. The number of halogens is 1. The second-order valence-electron chi connectivity index (χ2n) is 4.70. The molecular formula is C11H18IN3. The van der Waals surface area contributed by atoms with Crippen LogP contribution in [0.3, 0.4) is 0 Å². The van der Waals surface area contributed by atoms with E-state index < -0.39 is 0 Å². The molecule has 15 heavy (non-hydrogen) atoms. The third-order valence-electron chi connectivity index (χ3n) is 3.55. The van der Waals surface area contributed by atoms with Gasteiger partial charge in [-0.3, -0.25) is 0 Å². The first-order valence-corrected chi connectivity index (χ1v) is 6.67. The summed E-state index contributed by atoms with van der Waals surface area (Å²) < 4.78 is 3.11. The third kappa shape index (κ3) is 2.00. The van der Waals surface area contributed by atoms with Crippen LogP contribution in [0.5, 0.6) is 0 Å². The number of nitrogens with two attached hydrogens (primary N) is 1. The Bertz CT molecular complexity index is 338. The van der Waals surface area contributed by atoms with Crippen molar-refractivity contribution in [2.45, 2.75) is 39.2 Å². The lowest BCUT2D eigenvalue weighted by atomic mass is 9.79. The highest BCUT2D eigenvalue weighted by atomic mass is 127. The molecule has 2 rings (SSSR count). The van der Waals surface area contributed by atoms with Gasteiger partial charge < -0.3 is 5.73 Å². The van der Waals surface area contributed by atoms with Crippen molar-refractivity contribution in [3.63, 3.8) is 0 Å². The Hall–Kier alpha value is -0.260. The zero-order valence-corrected chi connectivity index (χ0v) is 11.4. The zero-order chi connectivity index (χ0) is 11.0. The van der Waals surface area contributed by atoms with Crippen LogP contribution in [0.4, 0.5) is 5.82 Å². The van der Waals surface area contributed by atoms with Gasteiger partial charge in [0.2, 0.25) is 0 Å². The molecule has 1 aliphatic rings. The molecule has 2 unspecified atom stereocenters. The minimum Gasteiger partial charge on any atom is -0.383 e. The lowest BCUT2D eigenvalue weighted by Gasteiger charge is -2.35. The molecule has 1 aromatic rings. The SMILES string of the molecule is CC1CCCC(C)C1n1ncc(I)c1N. The molecule has 2 atom stereocenters. The van der Waals surface area contributed by atoms with E-state index in [1.165, 1.54) is 19.3 Å². The Morgan fingerprint density at radius 1 is 1.40 bits per heavy atom. The number of nitrogens with zero attached hydrogens (tertiary/aromatic N) is 2. The van der Waals surface area contributed by atoms with E-state index in [4.69, 9.17) is 5.73 Å². The van der Waals surface area contributed by atoms with Crippen molar-refractivity contribution in [2.75, 3.05) is 5.73 Å². The fourth-order valence-electron chi connectivity index (χ4n) is 2.73. The average molecular weight is 319 g/mol. The summed E-state index contributed by atoms with van der Waals surface area (Å²) in [6.45, 7) is 4.63. The highest BCUT2D eigenvalue weighted by Gasteiger charge is 2.31. The van der Waals surface area contributed by atoms with Gasteiger partial charge in [0, 0.05) is 0 Å². The summed E-state index contributed by atoms with van der Waals surface area (Å²) in [5, 5.41) is 4.42. The van der Waals surface area contributed by atoms with Gasteiger partial charge >= 0.3 is 0 Å². The van der Waals surface area contributed by atoms with Crippen LogP contribution in [0.2, 0.25) is 0 Å². The zero-order valence-electron chi connectivity index (χ0n) is 9.28. The predicted octanol–water partition coefficient (Wildman–Crippen LogP) is 3.07. The maximum atomic E-state index is 6.05. The molecule has 1 saturated carbocycles. The monoisotopic (exact) mass is 319 g/mol. The van der Waals surface area contributed by atoms with Crippen molar-refractivity contribution < 1.29 is 0 Å². The van der Waals surface area contributed by atoms with E-state index in [1.807, 2.05) is 10.9 Å². The molecule has 0 bridgehead atoms. The van der Waals surface area contributed by atoms with Gasteiger partial charge in [-0.1, -0.05) is 20.3 Å². The molecule has 0 aliphatic heterocycles. The number of aromatic nitrogens is 2. The van der Waals surface area contributed by atoms with Crippen LogP contribution in [-0.2, 0) is 0 Å². The summed E-state index contributed by atoms with van der Waals surface area (Å²) in [6, 6.07) is 0.488. The van der Waals surface area contributed by atoms with Gasteiger partial charge in [0.25, 0.3) is 0 Å². The molecule has 0 aromatic carbocycles. The minimum absolute atomic E-state index is 0.488. The molecule has 0 radical (unpaired) electrons. The van der Waals surface area contributed by atoms with Crippen molar-refractivity contribution in [2.24, 2.45) is 11.8 Å². The smallest absolute Gasteiger partial charge is 0.135 e. The van der Waals surface area contributed by atoms with Crippen molar-refractivity contribution >= 4 is 28.4 Å². The van der Waals surface area contributed by atoms with E-state index in [2.05, 4.69) is 41.5 Å². The molecule has 0 spiro atoms. The first-order chi connectivity index (χ1) is 7.11. The van der Waals surface area contributed by atoms with Gasteiger partial charge in [0.05, 0.1) is 15.8 Å². The maximum absolute atomic E-state index is 6.05. The second kappa shape index (κ2) is 4.31. The van der Waals surface area contributed by atoms with Gasteiger partial charge in [-0.15, -0.1) is 0 Å². The summed E-state index contributed by atoms with van der Waals surface area (Å²) in [5.74, 6) is 2.21. The fourth-order valence-corrected chi connectivity index (χ4v) is 3.11. The number of hydrogen-bond acceptors (Lipinski definition) is 2. The molecule has 1 fully saturated rings. The molecule has 4 heteroatoms. The van der Waals surface area contributed by atoms with Crippen LogP contribution in [-0.4, -0.2) is 9.78 Å². The van der Waals surface area contributed by atoms with Crippen LogP contribution < -0.4 is 5.73 Å². The Morgan fingerprint density at radius 2 is 2.00 bits per heavy atom. The molecule has 3 nitrogen and oxygen atoms in total. The van der Waals surface area contributed by atoms with E-state index >= 15 is 0 Å². The standard InChI is InChI=1S/C11H18IN3/c1-7-4-3-5-8(2)10(7)15-11(13)9(12)6-14-15/h6-8,10H,3-5,13H2,1-2H3. The number of anilines is 1. The van der Waals surface area contributed by atoms with Gasteiger partial charge in [-0.25, -0.2) is 4.68 Å². The molecule has 0 saturated heterocycles. The maximum Gasteiger partial charge on any atom is 0.135 e. The van der Waals surface area contributed by atoms with E-state index in [-0.39, 0.29) is 0 Å². The lowest BCUT2D eigenvalue weighted by molar-refractivity contribution is 0.172. The Morgan fingerprint density at radius 3 is 2.47 bits per heavy atom. The fraction of sp³-hybridized carbons (Fsp3) is 0.727. The normalized spacial score (nSPS) is 31.8. The number of rotatable bonds is 1. The number of hydrogen-bond donors (Lipinski definition) is 1. The van der Waals surface area contributed by atoms with E-state index in [9.17, 15) is 0 Å². The third-order valence-corrected chi connectivity index (χ3v) is 4.39. The molecule has 1 aliphatic carbocycles. The minimum atomic E-state index is 0.488. The predicted molar refractivity (Wildman–Crippen MR) is 70.6 cm³/mol. The molecule has 0 amide bonds. The molecule has 1 aromatic heterocycles. The molecular weight excluding hydrogens is 301 g/mol. The summed E-state index contributed by atoms with van der Waals surface area (Å²) in [5.41, 5.74) is 6.05. The van der Waals surface area contributed by atoms with E-state index in [0.717, 1.165) is 9.39 Å². The van der Waals surface area contributed by atoms with Crippen LogP contribution in [0.25, 0.3) is 0 Å². The van der Waals surface area contributed by atoms with Crippen molar-refractivity contribution in [1.29, 1.82) is 0 Å². The Balaban J connectivity index is 2.31. The van der Waals surface area contributed by atoms with Gasteiger partial charge in [0.1, 0.15) is 5.82 Å². The van der Waals surface area contributed by atoms with Crippen LogP contribution in [0.1, 0.15) is 39.2 Å². The molecule has 84 valence electrons. The Labute approximate surface area is 105 Å². The second-order valence-corrected chi connectivity index (χ2v) is 5.86. The molecule has 1 heterocycles. The van der Waals surface area contributed by atoms with Crippen molar-refractivity contribution in [3.05, 3.63) is 9.77 Å². The van der Waals surface area contributed by atoms with Crippen LogP contribution >= 0.6 is 22.6 Å². The van der Waals surface area contributed by atoms with E-state index in [1.54, 1.807) is 0 Å².